The lowest BCUT2D eigenvalue weighted by Crippen LogP contribution is -2.35. The second-order valence-electron chi connectivity index (χ2n) is 4.86. The maximum atomic E-state index is 12.8. The normalized spacial score (nSPS) is 16.6. The van der Waals surface area contributed by atoms with Crippen molar-refractivity contribution < 1.29 is 32.9 Å². The molecule has 0 amide bonds. The van der Waals surface area contributed by atoms with Crippen LogP contribution in [0.25, 0.3) is 0 Å². The van der Waals surface area contributed by atoms with Crippen LogP contribution in [0.4, 0.5) is 13.2 Å². The van der Waals surface area contributed by atoms with Crippen molar-refractivity contribution in [2.75, 3.05) is 6.61 Å². The first-order chi connectivity index (χ1) is 9.82. The number of rotatable bonds is 6. The number of carboxylic acids is 1. The predicted molar refractivity (Wildman–Crippen MR) is 65.3 cm³/mol. The average molecular weight is 305 g/mol. The minimum atomic E-state index is -4.70. The van der Waals surface area contributed by atoms with Gasteiger partial charge in [0, 0.05) is 19.2 Å². The molecule has 2 N–H and O–H groups in total. The fraction of sp³-hybridized carbons (Fsp3) is 0.538. The topological polar surface area (TPSA) is 79.7 Å². The van der Waals surface area contributed by atoms with Crippen LogP contribution >= 0.6 is 0 Å². The van der Waals surface area contributed by atoms with Crippen molar-refractivity contribution >= 4 is 5.97 Å². The highest BCUT2D eigenvalue weighted by atomic mass is 19.4. The van der Waals surface area contributed by atoms with Crippen LogP contribution in [0.3, 0.4) is 0 Å². The number of nitrogens with zero attached hydrogens (tertiary/aromatic N) is 1. The zero-order valence-electron chi connectivity index (χ0n) is 10.9. The van der Waals surface area contributed by atoms with Crippen molar-refractivity contribution in [3.05, 3.63) is 23.5 Å². The molecule has 0 unspecified atom stereocenters. The van der Waals surface area contributed by atoms with Gasteiger partial charge in [0.1, 0.15) is 0 Å². The van der Waals surface area contributed by atoms with Gasteiger partial charge in [-0.1, -0.05) is 0 Å². The third-order valence-electron chi connectivity index (χ3n) is 3.15. The molecule has 1 aromatic rings. The van der Waals surface area contributed by atoms with Gasteiger partial charge in [0.05, 0.1) is 0 Å². The minimum Gasteiger partial charge on any atom is -0.478 e. The van der Waals surface area contributed by atoms with Crippen molar-refractivity contribution in [2.45, 2.75) is 37.5 Å². The van der Waals surface area contributed by atoms with E-state index in [1.165, 1.54) is 12.3 Å². The summed E-state index contributed by atoms with van der Waals surface area (Å²) in [5.74, 6) is -1.68. The summed E-state index contributed by atoms with van der Waals surface area (Å²) in [5.41, 5.74) is 0.103. The molecule has 1 atom stereocenters. The number of hydrogen-bond acceptors (Lipinski definition) is 4. The van der Waals surface area contributed by atoms with E-state index in [9.17, 15) is 18.0 Å². The van der Waals surface area contributed by atoms with E-state index in [1.807, 2.05) is 0 Å². The fourth-order valence-electron chi connectivity index (χ4n) is 1.91. The molecule has 1 aliphatic carbocycles. The highest BCUT2D eigenvalue weighted by Gasteiger charge is 2.42. The Morgan fingerprint density at radius 1 is 1.48 bits per heavy atom. The van der Waals surface area contributed by atoms with Gasteiger partial charge in [-0.05, 0) is 30.4 Å². The molecule has 1 aromatic heterocycles. The molecule has 0 bridgehead atoms. The number of aromatic nitrogens is 1. The summed E-state index contributed by atoms with van der Waals surface area (Å²) in [7, 11) is 0. The third-order valence-corrected chi connectivity index (χ3v) is 3.15. The third kappa shape index (κ3) is 3.84. The molecule has 0 aromatic carbocycles. The van der Waals surface area contributed by atoms with E-state index < -0.39 is 42.7 Å². The first kappa shape index (κ1) is 15.6. The molecule has 21 heavy (non-hydrogen) atoms. The Morgan fingerprint density at radius 2 is 2.14 bits per heavy atom. The molecule has 0 spiro atoms. The molecule has 1 aliphatic rings. The number of ether oxygens (including phenoxy) is 1. The molecule has 0 radical (unpaired) electrons. The lowest BCUT2D eigenvalue weighted by atomic mass is 10.1. The van der Waals surface area contributed by atoms with Crippen LogP contribution in [0.1, 0.15) is 41.2 Å². The zero-order chi connectivity index (χ0) is 15.6. The summed E-state index contributed by atoms with van der Waals surface area (Å²) >= 11 is 0. The molecule has 1 fully saturated rings. The molecular weight excluding hydrogens is 291 g/mol. The van der Waals surface area contributed by atoms with Crippen LogP contribution in [0.5, 0.6) is 5.75 Å². The number of carbonyl (C=O) groups is 1. The molecule has 1 heterocycles. The lowest BCUT2D eigenvalue weighted by molar-refractivity contribution is -0.198. The van der Waals surface area contributed by atoms with Crippen LogP contribution in [0.15, 0.2) is 12.3 Å². The number of hydrogen-bond donors (Lipinski definition) is 2. The van der Waals surface area contributed by atoms with Crippen molar-refractivity contribution in [1.29, 1.82) is 0 Å². The Labute approximate surface area is 118 Å². The van der Waals surface area contributed by atoms with Gasteiger partial charge in [-0.25, -0.2) is 9.78 Å². The monoisotopic (exact) mass is 305 g/mol. The number of aliphatic hydroxyl groups is 1. The molecule has 0 saturated heterocycles. The molecule has 2 rings (SSSR count). The summed E-state index contributed by atoms with van der Waals surface area (Å²) < 4.78 is 43.2. The number of carboxylic acid groups (broad SMARTS) is 1. The minimum absolute atomic E-state index is 0.199. The average Bonchev–Trinajstić information content (AvgIpc) is 3.21. The Balaban J connectivity index is 2.30. The summed E-state index contributed by atoms with van der Waals surface area (Å²) in [6.07, 6.45) is -4.50. The van der Waals surface area contributed by atoms with Gasteiger partial charge in [-0.2, -0.15) is 13.2 Å². The highest BCUT2D eigenvalue weighted by Crippen LogP contribution is 2.41. The summed E-state index contributed by atoms with van der Waals surface area (Å²) in [6, 6.07) is 1.30. The van der Waals surface area contributed by atoms with Crippen LogP contribution < -0.4 is 4.74 Å². The van der Waals surface area contributed by atoms with Gasteiger partial charge in [-0.15, -0.1) is 0 Å². The quantitative estimate of drug-likeness (QED) is 0.843. The zero-order valence-corrected chi connectivity index (χ0v) is 10.9. The van der Waals surface area contributed by atoms with E-state index in [-0.39, 0.29) is 5.92 Å². The van der Waals surface area contributed by atoms with Gasteiger partial charge >= 0.3 is 12.1 Å². The maximum absolute atomic E-state index is 12.8. The fourth-order valence-corrected chi connectivity index (χ4v) is 1.91. The Bertz CT molecular complexity index is 529. The highest BCUT2D eigenvalue weighted by molar-refractivity contribution is 5.88. The smallest absolute Gasteiger partial charge is 0.425 e. The van der Waals surface area contributed by atoms with Crippen molar-refractivity contribution in [3.8, 4) is 5.75 Å². The SMILES string of the molecule is O=C(O)c1ncc(C2CC2)cc1O[C@H](CCO)C(F)(F)F. The number of aromatic carboxylic acids is 1. The number of halogens is 3. The van der Waals surface area contributed by atoms with Crippen LogP contribution in [-0.4, -0.2) is 40.1 Å². The molecule has 0 aliphatic heterocycles. The van der Waals surface area contributed by atoms with E-state index in [4.69, 9.17) is 14.9 Å². The van der Waals surface area contributed by atoms with Gasteiger partial charge in [0.2, 0.25) is 0 Å². The number of aliphatic hydroxyl groups excluding tert-OH is 1. The van der Waals surface area contributed by atoms with Crippen molar-refractivity contribution in [3.63, 3.8) is 0 Å². The summed E-state index contributed by atoms with van der Waals surface area (Å²) in [6.45, 7) is -0.720. The molecular formula is C13H14F3NO4. The van der Waals surface area contributed by atoms with Gasteiger partial charge < -0.3 is 14.9 Å². The van der Waals surface area contributed by atoms with Crippen LogP contribution in [0.2, 0.25) is 0 Å². The van der Waals surface area contributed by atoms with E-state index in [0.29, 0.717) is 5.56 Å². The van der Waals surface area contributed by atoms with E-state index >= 15 is 0 Å². The van der Waals surface area contributed by atoms with Gasteiger partial charge in [0.25, 0.3) is 0 Å². The standard InChI is InChI=1S/C13H14F3NO4/c14-13(15,16)10(3-4-18)21-9-5-8(7-1-2-7)6-17-11(9)12(19)20/h5-7,10,18H,1-4H2,(H,19,20)/t10-/m1/s1. The lowest BCUT2D eigenvalue weighted by Gasteiger charge is -2.22. The second-order valence-corrected chi connectivity index (χ2v) is 4.86. The number of pyridine rings is 1. The molecule has 8 heteroatoms. The van der Waals surface area contributed by atoms with E-state index in [2.05, 4.69) is 4.98 Å². The molecule has 5 nitrogen and oxygen atoms in total. The van der Waals surface area contributed by atoms with Crippen molar-refractivity contribution in [1.82, 2.24) is 4.98 Å². The van der Waals surface area contributed by atoms with Crippen molar-refractivity contribution in [2.24, 2.45) is 0 Å². The van der Waals surface area contributed by atoms with E-state index in [0.717, 1.165) is 12.8 Å². The Hall–Kier alpha value is -1.83. The second kappa shape index (κ2) is 5.88. The van der Waals surface area contributed by atoms with Gasteiger partial charge in [-0.3, -0.25) is 0 Å². The largest absolute Gasteiger partial charge is 0.478 e. The molecule has 1 saturated carbocycles. The predicted octanol–water partition coefficient (Wildman–Crippen LogP) is 2.35. The van der Waals surface area contributed by atoms with Crippen LogP contribution in [0, 0.1) is 0 Å². The van der Waals surface area contributed by atoms with E-state index in [1.54, 1.807) is 0 Å². The molecule has 116 valence electrons. The first-order valence-electron chi connectivity index (χ1n) is 6.40. The number of alkyl halides is 3. The Kier molecular flexibility index (Phi) is 4.36. The summed E-state index contributed by atoms with van der Waals surface area (Å²) in [4.78, 5) is 14.7. The summed E-state index contributed by atoms with van der Waals surface area (Å²) in [5, 5.41) is 17.7. The first-order valence-corrected chi connectivity index (χ1v) is 6.40. The maximum Gasteiger partial charge on any atom is 0.425 e. The van der Waals surface area contributed by atoms with Gasteiger partial charge in [0.15, 0.2) is 17.5 Å². The Morgan fingerprint density at radius 3 is 2.62 bits per heavy atom. The van der Waals surface area contributed by atoms with Crippen LogP contribution in [-0.2, 0) is 0 Å².